The highest BCUT2D eigenvalue weighted by Gasteiger charge is 2.13. The number of hydrogen-bond donors (Lipinski definition) is 1. The van der Waals surface area contributed by atoms with Crippen LogP contribution in [-0.4, -0.2) is 16.9 Å². The summed E-state index contributed by atoms with van der Waals surface area (Å²) in [5.74, 6) is 0.418. The Hall–Kier alpha value is -0.800. The molecule has 1 rings (SSSR count). The molecule has 1 amide bonds. The van der Waals surface area contributed by atoms with Gasteiger partial charge in [0.05, 0.1) is 0 Å². The van der Waals surface area contributed by atoms with Gasteiger partial charge in [0.2, 0.25) is 0 Å². The zero-order valence-electron chi connectivity index (χ0n) is 10.8. The van der Waals surface area contributed by atoms with E-state index in [4.69, 9.17) is 23.2 Å². The van der Waals surface area contributed by atoms with E-state index in [9.17, 15) is 4.79 Å². The van der Waals surface area contributed by atoms with Gasteiger partial charge in [-0.2, -0.15) is 0 Å². The summed E-state index contributed by atoms with van der Waals surface area (Å²) in [5, 5.41) is 3.38. The molecule has 0 saturated heterocycles. The molecule has 1 N–H and O–H groups in total. The first-order valence-corrected chi connectivity index (χ1v) is 6.82. The Balaban J connectivity index is 2.64. The minimum Gasteiger partial charge on any atom is -0.350 e. The molecular weight excluding hydrogens is 271 g/mol. The lowest BCUT2D eigenvalue weighted by Gasteiger charge is -2.17. The average molecular weight is 289 g/mol. The fourth-order valence-electron chi connectivity index (χ4n) is 1.73. The molecule has 0 aromatic carbocycles. The number of hydrogen-bond acceptors (Lipinski definition) is 2. The summed E-state index contributed by atoms with van der Waals surface area (Å²) in [4.78, 5) is 15.8. The monoisotopic (exact) mass is 288 g/mol. The van der Waals surface area contributed by atoms with Gasteiger partial charge in [-0.25, -0.2) is 4.98 Å². The number of pyridine rings is 1. The Kier molecular flexibility index (Phi) is 5.89. The molecule has 0 saturated carbocycles. The molecule has 3 nitrogen and oxygen atoms in total. The molecule has 0 bridgehead atoms. The van der Waals surface area contributed by atoms with Gasteiger partial charge in [-0.15, -0.1) is 0 Å². The summed E-state index contributed by atoms with van der Waals surface area (Å²) in [6.45, 7) is 6.30. The van der Waals surface area contributed by atoms with E-state index in [-0.39, 0.29) is 22.3 Å². The molecule has 1 aromatic rings. The van der Waals surface area contributed by atoms with Gasteiger partial charge in [0.1, 0.15) is 10.3 Å². The van der Waals surface area contributed by atoms with Crippen LogP contribution in [0.25, 0.3) is 0 Å². The number of aromatic nitrogens is 1. The minimum atomic E-state index is -0.169. The van der Waals surface area contributed by atoms with E-state index >= 15 is 0 Å². The molecule has 18 heavy (non-hydrogen) atoms. The molecule has 0 spiro atoms. The van der Waals surface area contributed by atoms with Crippen molar-refractivity contribution >= 4 is 29.1 Å². The predicted molar refractivity (Wildman–Crippen MR) is 75.3 cm³/mol. The fourth-order valence-corrected chi connectivity index (χ4v) is 2.19. The van der Waals surface area contributed by atoms with E-state index in [1.807, 2.05) is 6.92 Å². The van der Waals surface area contributed by atoms with Crippen LogP contribution in [0.5, 0.6) is 0 Å². The SMILES string of the molecule is CCC(C)CC(C)NC(=O)c1cc(Cl)nc(Cl)c1. The average Bonchev–Trinajstić information content (AvgIpc) is 2.27. The summed E-state index contributed by atoms with van der Waals surface area (Å²) in [5.41, 5.74) is 0.441. The Bertz CT molecular complexity index is 403. The van der Waals surface area contributed by atoms with Crippen LogP contribution < -0.4 is 5.32 Å². The molecule has 0 aliphatic heterocycles. The number of carbonyl (C=O) groups is 1. The number of nitrogens with zero attached hydrogens (tertiary/aromatic N) is 1. The maximum Gasteiger partial charge on any atom is 0.251 e. The second-order valence-corrected chi connectivity index (χ2v) is 5.40. The van der Waals surface area contributed by atoms with Crippen molar-refractivity contribution in [2.75, 3.05) is 0 Å². The van der Waals surface area contributed by atoms with Crippen molar-refractivity contribution < 1.29 is 4.79 Å². The number of amides is 1. The van der Waals surface area contributed by atoms with E-state index in [1.165, 1.54) is 12.1 Å². The van der Waals surface area contributed by atoms with Crippen LogP contribution in [0.4, 0.5) is 0 Å². The Morgan fingerprint density at radius 2 is 1.89 bits per heavy atom. The lowest BCUT2D eigenvalue weighted by molar-refractivity contribution is 0.0935. The summed E-state index contributed by atoms with van der Waals surface area (Å²) >= 11 is 11.5. The number of halogens is 2. The summed E-state index contributed by atoms with van der Waals surface area (Å²) in [7, 11) is 0. The highest BCUT2D eigenvalue weighted by atomic mass is 35.5. The highest BCUT2D eigenvalue weighted by Crippen LogP contribution is 2.15. The smallest absolute Gasteiger partial charge is 0.251 e. The van der Waals surface area contributed by atoms with Gasteiger partial charge in [0, 0.05) is 11.6 Å². The van der Waals surface area contributed by atoms with Gasteiger partial charge in [-0.05, 0) is 31.4 Å². The first kappa shape index (κ1) is 15.3. The lowest BCUT2D eigenvalue weighted by atomic mass is 10.0. The van der Waals surface area contributed by atoms with Crippen LogP contribution in [0.1, 0.15) is 44.0 Å². The number of rotatable bonds is 5. The van der Waals surface area contributed by atoms with E-state index in [2.05, 4.69) is 24.1 Å². The van der Waals surface area contributed by atoms with E-state index in [1.54, 1.807) is 0 Å². The largest absolute Gasteiger partial charge is 0.350 e. The Labute approximate surface area is 118 Å². The summed E-state index contributed by atoms with van der Waals surface area (Å²) in [6, 6.07) is 3.15. The highest BCUT2D eigenvalue weighted by molar-refractivity contribution is 6.33. The molecule has 100 valence electrons. The lowest BCUT2D eigenvalue weighted by Crippen LogP contribution is -2.33. The molecule has 0 aliphatic rings. The van der Waals surface area contributed by atoms with Gasteiger partial charge >= 0.3 is 0 Å². The topological polar surface area (TPSA) is 42.0 Å². The zero-order valence-corrected chi connectivity index (χ0v) is 12.3. The van der Waals surface area contributed by atoms with Gasteiger partial charge in [-0.1, -0.05) is 43.5 Å². The van der Waals surface area contributed by atoms with Crippen molar-refractivity contribution in [2.45, 2.75) is 39.7 Å². The molecular formula is C13H18Cl2N2O. The molecule has 2 unspecified atom stereocenters. The van der Waals surface area contributed by atoms with Crippen molar-refractivity contribution in [1.29, 1.82) is 0 Å². The summed E-state index contributed by atoms with van der Waals surface area (Å²) in [6.07, 6.45) is 2.06. The van der Waals surface area contributed by atoms with Crippen LogP contribution >= 0.6 is 23.2 Å². The van der Waals surface area contributed by atoms with Crippen LogP contribution in [0, 0.1) is 5.92 Å². The Morgan fingerprint density at radius 3 is 2.39 bits per heavy atom. The third kappa shape index (κ3) is 4.83. The Morgan fingerprint density at radius 1 is 1.33 bits per heavy atom. The van der Waals surface area contributed by atoms with Gasteiger partial charge < -0.3 is 5.32 Å². The first-order valence-electron chi connectivity index (χ1n) is 6.06. The fraction of sp³-hybridized carbons (Fsp3) is 0.538. The standard InChI is InChI=1S/C13H18Cl2N2O/c1-4-8(2)5-9(3)16-13(18)10-6-11(14)17-12(15)7-10/h6-9H,4-5H2,1-3H3,(H,16,18). The van der Waals surface area contributed by atoms with E-state index < -0.39 is 0 Å². The van der Waals surface area contributed by atoms with Gasteiger partial charge in [0.15, 0.2) is 0 Å². The number of carbonyl (C=O) groups excluding carboxylic acids is 1. The first-order chi connectivity index (χ1) is 8.42. The summed E-state index contributed by atoms with van der Waals surface area (Å²) < 4.78 is 0. The van der Waals surface area contributed by atoms with Crippen molar-refractivity contribution in [3.05, 3.63) is 28.0 Å². The van der Waals surface area contributed by atoms with E-state index in [0.29, 0.717) is 11.5 Å². The maximum atomic E-state index is 12.0. The van der Waals surface area contributed by atoms with Gasteiger partial charge in [-0.3, -0.25) is 4.79 Å². The van der Waals surface area contributed by atoms with Crippen LogP contribution in [0.15, 0.2) is 12.1 Å². The van der Waals surface area contributed by atoms with Crippen molar-refractivity contribution in [3.63, 3.8) is 0 Å². The molecule has 0 radical (unpaired) electrons. The second kappa shape index (κ2) is 6.95. The zero-order chi connectivity index (χ0) is 13.7. The molecule has 1 heterocycles. The normalized spacial score (nSPS) is 14.1. The third-order valence-corrected chi connectivity index (χ3v) is 3.24. The number of nitrogens with one attached hydrogen (secondary N) is 1. The molecule has 0 aliphatic carbocycles. The van der Waals surface area contributed by atoms with Crippen LogP contribution in [0.2, 0.25) is 10.3 Å². The van der Waals surface area contributed by atoms with E-state index in [0.717, 1.165) is 12.8 Å². The quantitative estimate of drug-likeness (QED) is 0.834. The molecule has 1 aromatic heterocycles. The molecule has 2 atom stereocenters. The predicted octanol–water partition coefficient (Wildman–Crippen LogP) is 3.94. The van der Waals surface area contributed by atoms with Gasteiger partial charge in [0.25, 0.3) is 5.91 Å². The van der Waals surface area contributed by atoms with Crippen molar-refractivity contribution in [1.82, 2.24) is 10.3 Å². The van der Waals surface area contributed by atoms with Crippen molar-refractivity contribution in [3.8, 4) is 0 Å². The second-order valence-electron chi connectivity index (χ2n) is 4.62. The maximum absolute atomic E-state index is 12.0. The van der Waals surface area contributed by atoms with Crippen LogP contribution in [0.3, 0.4) is 0 Å². The van der Waals surface area contributed by atoms with Crippen LogP contribution in [-0.2, 0) is 0 Å². The minimum absolute atomic E-state index is 0.123. The van der Waals surface area contributed by atoms with Crippen molar-refractivity contribution in [2.24, 2.45) is 5.92 Å². The molecule has 5 heteroatoms. The molecule has 0 fully saturated rings. The third-order valence-electron chi connectivity index (χ3n) is 2.86.